The Hall–Kier alpha value is -2.51. The molecule has 1 amide bonds. The highest BCUT2D eigenvalue weighted by atomic mass is 35.5. The first-order valence-electron chi connectivity index (χ1n) is 8.61. The molecular weight excluding hydrogens is 382 g/mol. The molecule has 0 saturated heterocycles. The van der Waals surface area contributed by atoms with Crippen molar-refractivity contribution in [3.05, 3.63) is 65.2 Å². The Morgan fingerprint density at radius 3 is 2.56 bits per heavy atom. The highest BCUT2D eigenvalue weighted by Crippen LogP contribution is 2.36. The fraction of sp³-hybridized carbons (Fsp3) is 0.211. The zero-order chi connectivity index (χ0) is 18.8. The Kier molecular flexibility index (Phi) is 5.05. The van der Waals surface area contributed by atoms with Crippen LogP contribution in [0.1, 0.15) is 23.7 Å². The predicted molar refractivity (Wildman–Crippen MR) is 107 cm³/mol. The van der Waals surface area contributed by atoms with Gasteiger partial charge < -0.3 is 11.2 Å². The lowest BCUT2D eigenvalue weighted by atomic mass is 10.1. The Balaban J connectivity index is 1.63. The molecule has 8 heteroatoms. The van der Waals surface area contributed by atoms with Crippen molar-refractivity contribution in [2.24, 2.45) is 0 Å². The molecule has 1 saturated carbocycles. The van der Waals surface area contributed by atoms with E-state index in [1.807, 2.05) is 48.5 Å². The van der Waals surface area contributed by atoms with E-state index in [0.717, 1.165) is 18.4 Å². The maximum atomic E-state index is 12.8. The third kappa shape index (κ3) is 3.94. The van der Waals surface area contributed by atoms with Crippen LogP contribution < -0.4 is 11.2 Å². The second-order valence-electron chi connectivity index (χ2n) is 6.35. The van der Waals surface area contributed by atoms with Crippen LogP contribution in [0.2, 0.25) is 5.02 Å². The number of hydrogen-bond acceptors (Lipinski definition) is 5. The van der Waals surface area contributed by atoms with Gasteiger partial charge in [0.1, 0.15) is 5.25 Å². The van der Waals surface area contributed by atoms with E-state index in [1.54, 1.807) is 6.07 Å². The monoisotopic (exact) mass is 399 g/mol. The number of aromatic nitrogens is 3. The van der Waals surface area contributed by atoms with Crippen molar-refractivity contribution in [1.29, 1.82) is 0 Å². The summed E-state index contributed by atoms with van der Waals surface area (Å²) in [6.45, 7) is 0. The molecule has 0 spiro atoms. The van der Waals surface area contributed by atoms with Gasteiger partial charge in [0.15, 0.2) is 5.82 Å². The molecule has 3 N–H and O–H groups in total. The van der Waals surface area contributed by atoms with Crippen LogP contribution in [0, 0.1) is 0 Å². The molecule has 138 valence electrons. The molecule has 1 fully saturated rings. The molecule has 4 rings (SSSR count). The minimum atomic E-state index is -0.461. The van der Waals surface area contributed by atoms with Gasteiger partial charge in [0.2, 0.25) is 11.1 Å². The van der Waals surface area contributed by atoms with Gasteiger partial charge in [-0.05, 0) is 30.5 Å². The molecule has 1 aromatic heterocycles. The number of nitrogen functional groups attached to an aromatic ring is 1. The number of halogens is 1. The fourth-order valence-corrected chi connectivity index (χ4v) is 3.88. The molecule has 2 aromatic carbocycles. The van der Waals surface area contributed by atoms with Crippen molar-refractivity contribution in [1.82, 2.24) is 20.2 Å². The number of carbonyl (C=O) groups is 1. The topological polar surface area (TPSA) is 85.8 Å². The molecule has 27 heavy (non-hydrogen) atoms. The molecule has 0 unspecified atom stereocenters. The van der Waals surface area contributed by atoms with Gasteiger partial charge >= 0.3 is 0 Å². The molecule has 3 aromatic rings. The van der Waals surface area contributed by atoms with Gasteiger partial charge in [-0.3, -0.25) is 4.79 Å². The first-order chi connectivity index (χ1) is 13.1. The second kappa shape index (κ2) is 7.62. The number of nitrogens with one attached hydrogen (secondary N) is 1. The summed E-state index contributed by atoms with van der Waals surface area (Å²) in [6, 6.07) is 17.2. The van der Waals surface area contributed by atoms with Crippen LogP contribution in [0.4, 0.5) is 0 Å². The lowest BCUT2D eigenvalue weighted by molar-refractivity contribution is -0.120. The molecule has 0 bridgehead atoms. The summed E-state index contributed by atoms with van der Waals surface area (Å²) in [5, 5.41) is 12.0. The lowest BCUT2D eigenvalue weighted by Gasteiger charge is -2.16. The van der Waals surface area contributed by atoms with Crippen molar-refractivity contribution in [3.63, 3.8) is 0 Å². The smallest absolute Gasteiger partial charge is 0.238 e. The van der Waals surface area contributed by atoms with Crippen molar-refractivity contribution in [2.45, 2.75) is 29.3 Å². The summed E-state index contributed by atoms with van der Waals surface area (Å²) in [5.41, 5.74) is 1.59. The van der Waals surface area contributed by atoms with Crippen LogP contribution in [-0.2, 0) is 4.79 Å². The number of benzene rings is 2. The number of amides is 1. The standard InChI is InChI=1S/C19H18ClN5OS/c20-15-9-5-4-8-14(15)17-23-24-19(25(17)21)27-16(12-6-2-1-3-7-12)18(26)22-13-10-11-13/h1-9,13,16H,10-11,21H2,(H,22,26)/t16-/m1/s1. The van der Waals surface area contributed by atoms with E-state index in [4.69, 9.17) is 17.4 Å². The molecule has 1 aliphatic carbocycles. The number of nitrogens with zero attached hydrogens (tertiary/aromatic N) is 3. The summed E-state index contributed by atoms with van der Waals surface area (Å²) < 4.78 is 1.38. The largest absolute Gasteiger partial charge is 0.352 e. The lowest BCUT2D eigenvalue weighted by Crippen LogP contribution is -2.30. The Morgan fingerprint density at radius 1 is 1.15 bits per heavy atom. The average Bonchev–Trinajstić information content (AvgIpc) is 3.42. The zero-order valence-corrected chi connectivity index (χ0v) is 16.0. The minimum absolute atomic E-state index is 0.0454. The third-order valence-corrected chi connectivity index (χ3v) is 5.81. The van der Waals surface area contributed by atoms with E-state index in [1.165, 1.54) is 16.4 Å². The molecule has 1 atom stereocenters. The normalized spacial score (nSPS) is 14.7. The van der Waals surface area contributed by atoms with Crippen molar-refractivity contribution in [3.8, 4) is 11.4 Å². The van der Waals surface area contributed by atoms with E-state index >= 15 is 0 Å². The van der Waals surface area contributed by atoms with Gasteiger partial charge in [-0.2, -0.15) is 0 Å². The van der Waals surface area contributed by atoms with E-state index in [2.05, 4.69) is 15.5 Å². The quantitative estimate of drug-likeness (QED) is 0.490. The SMILES string of the molecule is Nn1c(S[C@@H](C(=O)NC2CC2)c2ccccc2)nnc1-c1ccccc1Cl. The number of carbonyl (C=O) groups excluding carboxylic acids is 1. The minimum Gasteiger partial charge on any atom is -0.352 e. The van der Waals surface area contributed by atoms with E-state index in [0.29, 0.717) is 21.6 Å². The average molecular weight is 400 g/mol. The number of rotatable bonds is 6. The van der Waals surface area contributed by atoms with E-state index in [9.17, 15) is 4.79 Å². The highest BCUT2D eigenvalue weighted by molar-refractivity contribution is 8.00. The van der Waals surface area contributed by atoms with Gasteiger partial charge in [-0.15, -0.1) is 10.2 Å². The first kappa shape index (κ1) is 17.9. The maximum Gasteiger partial charge on any atom is 0.238 e. The summed E-state index contributed by atoms with van der Waals surface area (Å²) in [5.74, 6) is 6.64. The second-order valence-corrected chi connectivity index (χ2v) is 7.83. The van der Waals surface area contributed by atoms with E-state index < -0.39 is 5.25 Å². The fourth-order valence-electron chi connectivity index (χ4n) is 2.69. The summed E-state index contributed by atoms with van der Waals surface area (Å²) >= 11 is 7.53. The van der Waals surface area contributed by atoms with Crippen molar-refractivity contribution >= 4 is 29.3 Å². The van der Waals surface area contributed by atoms with Crippen LogP contribution in [0.15, 0.2) is 59.8 Å². The highest BCUT2D eigenvalue weighted by Gasteiger charge is 2.30. The molecule has 1 aliphatic rings. The third-order valence-electron chi connectivity index (χ3n) is 4.27. The molecule has 0 radical (unpaired) electrons. The number of nitrogens with two attached hydrogens (primary N) is 1. The summed E-state index contributed by atoms with van der Waals surface area (Å²) in [4.78, 5) is 12.8. The van der Waals surface area contributed by atoms with Gasteiger partial charge in [-0.25, -0.2) is 4.68 Å². The van der Waals surface area contributed by atoms with Crippen LogP contribution in [0.3, 0.4) is 0 Å². The maximum absolute atomic E-state index is 12.8. The number of hydrogen-bond donors (Lipinski definition) is 2. The Labute approximate surface area is 166 Å². The van der Waals surface area contributed by atoms with Crippen molar-refractivity contribution in [2.75, 3.05) is 5.84 Å². The number of thioether (sulfide) groups is 1. The first-order valence-corrected chi connectivity index (χ1v) is 9.86. The van der Waals surface area contributed by atoms with E-state index in [-0.39, 0.29) is 11.9 Å². The van der Waals surface area contributed by atoms with Gasteiger partial charge in [0, 0.05) is 11.6 Å². The molecule has 1 heterocycles. The van der Waals surface area contributed by atoms with Crippen LogP contribution in [0.5, 0.6) is 0 Å². The van der Waals surface area contributed by atoms with Crippen LogP contribution >= 0.6 is 23.4 Å². The summed E-state index contributed by atoms with van der Waals surface area (Å²) in [6.07, 6.45) is 2.06. The van der Waals surface area contributed by atoms with Crippen molar-refractivity contribution < 1.29 is 4.79 Å². The predicted octanol–water partition coefficient (Wildman–Crippen LogP) is 3.42. The Bertz CT molecular complexity index is 958. The van der Waals surface area contributed by atoms with Crippen LogP contribution in [0.25, 0.3) is 11.4 Å². The molecule has 0 aliphatic heterocycles. The van der Waals surface area contributed by atoms with Gasteiger partial charge in [0.25, 0.3) is 0 Å². The Morgan fingerprint density at radius 2 is 1.85 bits per heavy atom. The zero-order valence-electron chi connectivity index (χ0n) is 14.4. The van der Waals surface area contributed by atoms with Gasteiger partial charge in [0.05, 0.1) is 5.02 Å². The molecular formula is C19H18ClN5OS. The van der Waals surface area contributed by atoms with Crippen LogP contribution in [-0.4, -0.2) is 26.8 Å². The molecule has 6 nitrogen and oxygen atoms in total. The van der Waals surface area contributed by atoms with Gasteiger partial charge in [-0.1, -0.05) is 65.8 Å². The summed E-state index contributed by atoms with van der Waals surface area (Å²) in [7, 11) is 0.